The number of rotatable bonds is 3. The summed E-state index contributed by atoms with van der Waals surface area (Å²) in [5, 5.41) is 0. The van der Waals surface area contributed by atoms with Crippen molar-refractivity contribution in [2.24, 2.45) is 11.7 Å². The van der Waals surface area contributed by atoms with Crippen LogP contribution in [0.2, 0.25) is 0 Å². The van der Waals surface area contributed by atoms with Crippen LogP contribution in [-0.2, 0) is 0 Å². The molecule has 0 spiro atoms. The van der Waals surface area contributed by atoms with Crippen LogP contribution in [0.25, 0.3) is 11.1 Å². The first-order valence-corrected chi connectivity index (χ1v) is 5.28. The summed E-state index contributed by atoms with van der Waals surface area (Å²) in [4.78, 5) is 4.46. The molecule has 2 N–H and O–H groups in total. The summed E-state index contributed by atoms with van der Waals surface area (Å²) < 4.78 is 5.69. The summed E-state index contributed by atoms with van der Waals surface area (Å²) in [6.07, 6.45) is 0. The Kier molecular flexibility index (Phi) is 2.73. The predicted molar refractivity (Wildman–Crippen MR) is 60.6 cm³/mol. The Morgan fingerprint density at radius 1 is 1.33 bits per heavy atom. The molecule has 1 aromatic carbocycles. The third-order valence-corrected chi connectivity index (χ3v) is 2.69. The highest BCUT2D eigenvalue weighted by atomic mass is 16.3. The minimum absolute atomic E-state index is 0.206. The van der Waals surface area contributed by atoms with E-state index >= 15 is 0 Å². The van der Waals surface area contributed by atoms with E-state index in [0.717, 1.165) is 17.0 Å². The molecule has 2 rings (SSSR count). The molecule has 0 aliphatic carbocycles. The molecule has 0 radical (unpaired) electrons. The Balaban J connectivity index is 2.43. The molecule has 0 saturated heterocycles. The van der Waals surface area contributed by atoms with Crippen LogP contribution in [0.15, 0.2) is 28.7 Å². The summed E-state index contributed by atoms with van der Waals surface area (Å²) in [5.41, 5.74) is 7.48. The van der Waals surface area contributed by atoms with Gasteiger partial charge >= 0.3 is 0 Å². The van der Waals surface area contributed by atoms with Crippen molar-refractivity contribution in [1.82, 2.24) is 4.98 Å². The molecule has 0 bridgehead atoms. The Morgan fingerprint density at radius 2 is 2.07 bits per heavy atom. The molecule has 0 aliphatic rings. The van der Waals surface area contributed by atoms with Gasteiger partial charge in [-0.2, -0.15) is 0 Å². The van der Waals surface area contributed by atoms with Crippen LogP contribution in [-0.4, -0.2) is 11.5 Å². The van der Waals surface area contributed by atoms with E-state index in [4.69, 9.17) is 10.2 Å². The number of hydrogen-bond acceptors (Lipinski definition) is 3. The largest absolute Gasteiger partial charge is 0.440 e. The number of oxazole rings is 1. The fraction of sp³-hybridized carbons (Fsp3) is 0.417. The van der Waals surface area contributed by atoms with Crippen molar-refractivity contribution in [2.75, 3.05) is 6.54 Å². The topological polar surface area (TPSA) is 52.0 Å². The Labute approximate surface area is 89.3 Å². The highest BCUT2D eigenvalue weighted by molar-refractivity contribution is 5.72. The van der Waals surface area contributed by atoms with Crippen molar-refractivity contribution in [3.05, 3.63) is 30.2 Å². The van der Waals surface area contributed by atoms with Gasteiger partial charge < -0.3 is 10.2 Å². The molecule has 2 aromatic rings. The number of aromatic nitrogens is 1. The molecule has 1 heterocycles. The van der Waals surface area contributed by atoms with Crippen LogP contribution in [0.5, 0.6) is 0 Å². The van der Waals surface area contributed by atoms with Gasteiger partial charge in [-0.05, 0) is 18.1 Å². The van der Waals surface area contributed by atoms with Gasteiger partial charge in [-0.25, -0.2) is 4.98 Å². The zero-order valence-electron chi connectivity index (χ0n) is 9.10. The monoisotopic (exact) mass is 204 g/mol. The maximum Gasteiger partial charge on any atom is 0.200 e. The Hall–Kier alpha value is -1.35. The van der Waals surface area contributed by atoms with Crippen molar-refractivity contribution in [1.29, 1.82) is 0 Å². The van der Waals surface area contributed by atoms with Crippen molar-refractivity contribution in [2.45, 2.75) is 19.8 Å². The molecule has 3 nitrogen and oxygen atoms in total. The third kappa shape index (κ3) is 1.88. The first kappa shape index (κ1) is 10.2. The van der Waals surface area contributed by atoms with E-state index in [-0.39, 0.29) is 5.92 Å². The molecule has 0 amide bonds. The number of hydrogen-bond donors (Lipinski definition) is 1. The lowest BCUT2D eigenvalue weighted by molar-refractivity contribution is 0.400. The van der Waals surface area contributed by atoms with E-state index in [1.165, 1.54) is 0 Å². The van der Waals surface area contributed by atoms with Crippen LogP contribution in [0.3, 0.4) is 0 Å². The number of para-hydroxylation sites is 2. The number of nitrogens with zero attached hydrogens (tertiary/aromatic N) is 1. The van der Waals surface area contributed by atoms with Gasteiger partial charge in [-0.3, -0.25) is 0 Å². The minimum Gasteiger partial charge on any atom is -0.440 e. The summed E-state index contributed by atoms with van der Waals surface area (Å²) in [6, 6.07) is 7.79. The highest BCUT2D eigenvalue weighted by Crippen LogP contribution is 2.25. The van der Waals surface area contributed by atoms with Gasteiger partial charge in [0.05, 0.1) is 5.92 Å². The van der Waals surface area contributed by atoms with E-state index in [9.17, 15) is 0 Å². The van der Waals surface area contributed by atoms with E-state index in [2.05, 4.69) is 18.8 Å². The van der Waals surface area contributed by atoms with Gasteiger partial charge in [-0.1, -0.05) is 26.0 Å². The SMILES string of the molecule is CC(C)C(CN)c1nc2ccccc2o1. The van der Waals surface area contributed by atoms with E-state index in [1.54, 1.807) is 0 Å². The smallest absolute Gasteiger partial charge is 0.200 e. The highest BCUT2D eigenvalue weighted by Gasteiger charge is 2.19. The van der Waals surface area contributed by atoms with Gasteiger partial charge in [0.1, 0.15) is 5.52 Å². The maximum absolute atomic E-state index is 5.73. The minimum atomic E-state index is 0.206. The fourth-order valence-corrected chi connectivity index (χ4v) is 1.71. The van der Waals surface area contributed by atoms with Crippen LogP contribution < -0.4 is 5.73 Å². The lowest BCUT2D eigenvalue weighted by Gasteiger charge is -2.13. The molecule has 0 saturated carbocycles. The molecule has 1 atom stereocenters. The summed E-state index contributed by atoms with van der Waals surface area (Å²) >= 11 is 0. The first-order valence-electron chi connectivity index (χ1n) is 5.28. The Morgan fingerprint density at radius 3 is 2.67 bits per heavy atom. The second-order valence-electron chi connectivity index (χ2n) is 4.11. The molecule has 80 valence electrons. The normalized spacial score (nSPS) is 13.6. The molecule has 15 heavy (non-hydrogen) atoms. The maximum atomic E-state index is 5.73. The first-order chi connectivity index (χ1) is 7.22. The number of fused-ring (bicyclic) bond motifs is 1. The average Bonchev–Trinajstić information content (AvgIpc) is 2.61. The van der Waals surface area contributed by atoms with E-state index in [1.807, 2.05) is 24.3 Å². The van der Waals surface area contributed by atoms with Gasteiger partial charge in [-0.15, -0.1) is 0 Å². The molecular formula is C12H16N2O. The van der Waals surface area contributed by atoms with Crippen molar-refractivity contribution in [3.8, 4) is 0 Å². The van der Waals surface area contributed by atoms with Gasteiger partial charge in [0, 0.05) is 6.54 Å². The lowest BCUT2D eigenvalue weighted by Crippen LogP contribution is -2.17. The predicted octanol–water partition coefficient (Wildman–Crippen LogP) is 2.53. The lowest BCUT2D eigenvalue weighted by atomic mass is 9.96. The quantitative estimate of drug-likeness (QED) is 0.835. The van der Waals surface area contributed by atoms with Gasteiger partial charge in [0.2, 0.25) is 0 Å². The fourth-order valence-electron chi connectivity index (χ4n) is 1.71. The second-order valence-corrected chi connectivity index (χ2v) is 4.11. The average molecular weight is 204 g/mol. The Bertz CT molecular complexity index is 415. The van der Waals surface area contributed by atoms with Crippen LogP contribution in [0.4, 0.5) is 0 Å². The molecule has 1 unspecified atom stereocenters. The van der Waals surface area contributed by atoms with Crippen LogP contribution >= 0.6 is 0 Å². The summed E-state index contributed by atoms with van der Waals surface area (Å²) in [5.74, 6) is 1.41. The van der Waals surface area contributed by atoms with Gasteiger partial charge in [0.25, 0.3) is 0 Å². The van der Waals surface area contributed by atoms with E-state index < -0.39 is 0 Å². The van der Waals surface area contributed by atoms with E-state index in [0.29, 0.717) is 12.5 Å². The summed E-state index contributed by atoms with van der Waals surface area (Å²) in [6.45, 7) is 4.84. The third-order valence-electron chi connectivity index (χ3n) is 2.69. The zero-order chi connectivity index (χ0) is 10.8. The molecule has 0 fully saturated rings. The number of nitrogens with two attached hydrogens (primary N) is 1. The second kappa shape index (κ2) is 4.03. The van der Waals surface area contributed by atoms with Crippen molar-refractivity contribution < 1.29 is 4.42 Å². The standard InChI is InChI=1S/C12H16N2O/c1-8(2)9(7-13)12-14-10-5-3-4-6-11(10)15-12/h3-6,8-9H,7,13H2,1-2H3. The molecule has 3 heteroatoms. The summed E-state index contributed by atoms with van der Waals surface area (Å²) in [7, 11) is 0. The van der Waals surface area contributed by atoms with Crippen LogP contribution in [0.1, 0.15) is 25.7 Å². The van der Waals surface area contributed by atoms with Crippen molar-refractivity contribution >= 4 is 11.1 Å². The van der Waals surface area contributed by atoms with Gasteiger partial charge in [0.15, 0.2) is 11.5 Å². The van der Waals surface area contributed by atoms with Crippen molar-refractivity contribution in [3.63, 3.8) is 0 Å². The number of benzene rings is 1. The zero-order valence-corrected chi connectivity index (χ0v) is 9.10. The molecular weight excluding hydrogens is 188 g/mol. The molecule has 1 aromatic heterocycles. The molecule has 0 aliphatic heterocycles. The van der Waals surface area contributed by atoms with Crippen LogP contribution in [0, 0.1) is 5.92 Å².